The van der Waals surface area contributed by atoms with Gasteiger partial charge in [-0.05, 0) is 0 Å². The van der Waals surface area contributed by atoms with E-state index in [9.17, 15) is 0 Å². The zero-order valence-electron chi connectivity index (χ0n) is 12.0. The summed E-state index contributed by atoms with van der Waals surface area (Å²) in [7, 11) is 0. The molecular weight excluding hydrogens is 298 g/mol. The van der Waals surface area contributed by atoms with Crippen molar-refractivity contribution in [1.82, 2.24) is 15.3 Å². The molecule has 0 amide bonds. The van der Waals surface area contributed by atoms with Gasteiger partial charge >= 0.3 is 0 Å². The highest BCUT2D eigenvalue weighted by molar-refractivity contribution is 7.21. The Bertz CT molecular complexity index is 688. The van der Waals surface area contributed by atoms with Crippen LogP contribution >= 0.6 is 22.7 Å². The molecule has 0 aliphatic carbocycles. The molecule has 3 rings (SSSR count). The van der Waals surface area contributed by atoms with Crippen LogP contribution in [0.1, 0.15) is 18.7 Å². The van der Waals surface area contributed by atoms with Gasteiger partial charge in [0.25, 0.3) is 0 Å². The van der Waals surface area contributed by atoms with E-state index in [0.717, 1.165) is 22.1 Å². The van der Waals surface area contributed by atoms with Crippen molar-refractivity contribution < 1.29 is 0 Å². The van der Waals surface area contributed by atoms with Crippen LogP contribution in [0.4, 0.5) is 0 Å². The van der Waals surface area contributed by atoms with Gasteiger partial charge in [-0.2, -0.15) is 0 Å². The largest absolute Gasteiger partial charge is 0.310 e. The molecular formula is C16H17N3S2. The van der Waals surface area contributed by atoms with E-state index < -0.39 is 0 Å². The van der Waals surface area contributed by atoms with Crippen LogP contribution in [0, 0.1) is 0 Å². The van der Waals surface area contributed by atoms with Gasteiger partial charge in [0.2, 0.25) is 0 Å². The Labute approximate surface area is 132 Å². The minimum absolute atomic E-state index is 0.461. The molecule has 5 heteroatoms. The Morgan fingerprint density at radius 3 is 2.67 bits per heavy atom. The number of nitrogens with zero attached hydrogens (tertiary/aromatic N) is 2. The zero-order chi connectivity index (χ0) is 14.7. The number of nitrogens with one attached hydrogen (secondary N) is 1. The monoisotopic (exact) mass is 315 g/mol. The van der Waals surface area contributed by atoms with Gasteiger partial charge in [-0.1, -0.05) is 44.2 Å². The number of aromatic nitrogens is 2. The first kappa shape index (κ1) is 14.4. The van der Waals surface area contributed by atoms with Crippen molar-refractivity contribution in [3.8, 4) is 21.1 Å². The van der Waals surface area contributed by atoms with E-state index in [-0.39, 0.29) is 0 Å². The van der Waals surface area contributed by atoms with Crippen molar-refractivity contribution in [2.24, 2.45) is 0 Å². The Hall–Kier alpha value is -1.56. The predicted octanol–water partition coefficient (Wildman–Crippen LogP) is 4.43. The highest BCUT2D eigenvalue weighted by atomic mass is 32.1. The highest BCUT2D eigenvalue weighted by Gasteiger charge is 2.15. The fourth-order valence-electron chi connectivity index (χ4n) is 2.02. The summed E-state index contributed by atoms with van der Waals surface area (Å²) in [6.07, 6.45) is 1.89. The van der Waals surface area contributed by atoms with Crippen LogP contribution in [-0.2, 0) is 6.54 Å². The normalized spacial score (nSPS) is 11.2. The standard InChI is InChI=1S/C16H17N3S2/c1-11(2)18-9-13-15(12-6-4-3-5-7-12)19-16(21-13)14-8-17-10-20-14/h3-8,10-11,18H,9H2,1-2H3. The van der Waals surface area contributed by atoms with Crippen molar-refractivity contribution in [3.63, 3.8) is 0 Å². The number of rotatable bonds is 5. The summed E-state index contributed by atoms with van der Waals surface area (Å²) >= 11 is 3.38. The van der Waals surface area contributed by atoms with Crippen molar-refractivity contribution in [3.05, 3.63) is 46.9 Å². The van der Waals surface area contributed by atoms with E-state index in [4.69, 9.17) is 4.98 Å². The second-order valence-electron chi connectivity index (χ2n) is 5.06. The third kappa shape index (κ3) is 3.37. The lowest BCUT2D eigenvalue weighted by atomic mass is 10.1. The van der Waals surface area contributed by atoms with Gasteiger partial charge in [-0.3, -0.25) is 4.98 Å². The van der Waals surface area contributed by atoms with E-state index in [1.54, 1.807) is 22.7 Å². The Kier molecular flexibility index (Phi) is 4.43. The van der Waals surface area contributed by atoms with Gasteiger partial charge in [0.05, 0.1) is 16.1 Å². The van der Waals surface area contributed by atoms with Crippen molar-refractivity contribution in [2.45, 2.75) is 26.4 Å². The summed E-state index contributed by atoms with van der Waals surface area (Å²) in [6, 6.07) is 10.8. The van der Waals surface area contributed by atoms with Crippen LogP contribution < -0.4 is 5.32 Å². The molecule has 21 heavy (non-hydrogen) atoms. The summed E-state index contributed by atoms with van der Waals surface area (Å²) in [5, 5.41) is 4.54. The quantitative estimate of drug-likeness (QED) is 0.757. The minimum Gasteiger partial charge on any atom is -0.310 e. The van der Waals surface area contributed by atoms with E-state index in [1.165, 1.54) is 10.4 Å². The summed E-state index contributed by atoms with van der Waals surface area (Å²) in [4.78, 5) is 11.4. The lowest BCUT2D eigenvalue weighted by Crippen LogP contribution is -2.21. The van der Waals surface area contributed by atoms with E-state index in [0.29, 0.717) is 6.04 Å². The summed E-state index contributed by atoms with van der Waals surface area (Å²) < 4.78 is 0. The molecule has 0 spiro atoms. The Balaban J connectivity index is 2.00. The molecule has 0 aliphatic rings. The SMILES string of the molecule is CC(C)NCc1sc(-c2cncs2)nc1-c1ccccc1. The molecule has 0 radical (unpaired) electrons. The van der Waals surface area contributed by atoms with E-state index in [2.05, 4.69) is 48.4 Å². The van der Waals surface area contributed by atoms with Crippen LogP contribution in [0.2, 0.25) is 0 Å². The second-order valence-corrected chi connectivity index (χ2v) is 7.03. The van der Waals surface area contributed by atoms with Gasteiger partial charge in [0.1, 0.15) is 5.01 Å². The molecule has 2 aromatic heterocycles. The topological polar surface area (TPSA) is 37.8 Å². The summed E-state index contributed by atoms with van der Waals surface area (Å²) in [5.74, 6) is 0. The predicted molar refractivity (Wildman–Crippen MR) is 90.6 cm³/mol. The minimum atomic E-state index is 0.461. The van der Waals surface area contributed by atoms with Crippen LogP contribution in [0.5, 0.6) is 0 Å². The zero-order valence-corrected chi connectivity index (χ0v) is 13.7. The maximum absolute atomic E-state index is 4.85. The fourth-order valence-corrected chi connectivity index (χ4v) is 3.73. The Morgan fingerprint density at radius 2 is 2.00 bits per heavy atom. The molecule has 2 heterocycles. The van der Waals surface area contributed by atoms with Crippen LogP contribution in [-0.4, -0.2) is 16.0 Å². The molecule has 1 aromatic carbocycles. The molecule has 3 nitrogen and oxygen atoms in total. The van der Waals surface area contributed by atoms with E-state index in [1.807, 2.05) is 17.8 Å². The van der Waals surface area contributed by atoms with Gasteiger partial charge in [-0.15, -0.1) is 22.7 Å². The first-order chi connectivity index (χ1) is 10.2. The van der Waals surface area contributed by atoms with Gasteiger partial charge < -0.3 is 5.32 Å². The van der Waals surface area contributed by atoms with Crippen LogP contribution in [0.3, 0.4) is 0 Å². The Morgan fingerprint density at radius 1 is 1.19 bits per heavy atom. The van der Waals surface area contributed by atoms with Crippen molar-refractivity contribution in [1.29, 1.82) is 0 Å². The molecule has 0 saturated carbocycles. The van der Waals surface area contributed by atoms with Gasteiger partial charge in [0.15, 0.2) is 0 Å². The third-order valence-corrected chi connectivity index (χ3v) is 5.06. The smallest absolute Gasteiger partial charge is 0.136 e. The lowest BCUT2D eigenvalue weighted by molar-refractivity contribution is 0.593. The maximum atomic E-state index is 4.85. The molecule has 0 saturated heterocycles. The molecule has 108 valence electrons. The van der Waals surface area contributed by atoms with Crippen molar-refractivity contribution >= 4 is 22.7 Å². The molecule has 0 bridgehead atoms. The molecule has 0 aliphatic heterocycles. The summed E-state index contributed by atoms with van der Waals surface area (Å²) in [6.45, 7) is 5.17. The van der Waals surface area contributed by atoms with Crippen molar-refractivity contribution in [2.75, 3.05) is 0 Å². The molecule has 0 unspecified atom stereocenters. The molecule has 1 N–H and O–H groups in total. The number of benzene rings is 1. The highest BCUT2D eigenvalue weighted by Crippen LogP contribution is 2.35. The number of thiazole rings is 2. The van der Waals surface area contributed by atoms with Gasteiger partial charge in [0, 0.05) is 29.2 Å². The fraction of sp³-hybridized carbons (Fsp3) is 0.250. The first-order valence-corrected chi connectivity index (χ1v) is 8.61. The summed E-state index contributed by atoms with van der Waals surface area (Å²) in [5.41, 5.74) is 4.10. The molecule has 0 atom stereocenters. The lowest BCUT2D eigenvalue weighted by Gasteiger charge is -2.07. The molecule has 0 fully saturated rings. The number of hydrogen-bond donors (Lipinski definition) is 1. The number of hydrogen-bond acceptors (Lipinski definition) is 5. The van der Waals surface area contributed by atoms with Gasteiger partial charge in [-0.25, -0.2) is 4.98 Å². The van der Waals surface area contributed by atoms with E-state index >= 15 is 0 Å². The molecule has 3 aromatic rings. The van der Waals surface area contributed by atoms with Crippen LogP contribution in [0.15, 0.2) is 42.0 Å². The second kappa shape index (κ2) is 6.47. The average molecular weight is 315 g/mol. The first-order valence-electron chi connectivity index (χ1n) is 6.91. The maximum Gasteiger partial charge on any atom is 0.136 e. The average Bonchev–Trinajstić information content (AvgIpc) is 3.15. The van der Waals surface area contributed by atoms with Crippen LogP contribution in [0.25, 0.3) is 21.1 Å². The third-order valence-electron chi connectivity index (χ3n) is 3.06.